The zero-order valence-corrected chi connectivity index (χ0v) is 14.7. The molecule has 25 heavy (non-hydrogen) atoms. The summed E-state index contributed by atoms with van der Waals surface area (Å²) in [5, 5.41) is 5.85. The van der Waals surface area contributed by atoms with Gasteiger partial charge in [-0.15, -0.1) is 0 Å². The molecule has 0 N–H and O–H groups in total. The largest absolute Gasteiger partial charge is 0.244 e. The Bertz CT molecular complexity index is 1230. The highest BCUT2D eigenvalue weighted by atomic mass is 79.9. The minimum Gasteiger partial charge on any atom is -0.244 e. The molecule has 0 radical (unpaired) electrons. The van der Waals surface area contributed by atoms with Crippen molar-refractivity contribution in [3.8, 4) is 11.5 Å². The third-order valence-corrected chi connectivity index (χ3v) is 4.83. The lowest BCUT2D eigenvalue weighted by Gasteiger charge is -2.11. The summed E-state index contributed by atoms with van der Waals surface area (Å²) in [6.07, 6.45) is 3.51. The van der Waals surface area contributed by atoms with Crippen LogP contribution in [-0.2, 0) is 0 Å². The molecule has 5 rings (SSSR count). The Labute approximate surface area is 152 Å². The molecule has 0 spiro atoms. The van der Waals surface area contributed by atoms with Gasteiger partial charge in [0.2, 0.25) is 0 Å². The molecule has 0 unspecified atom stereocenters. The van der Waals surface area contributed by atoms with Gasteiger partial charge in [-0.05, 0) is 32.8 Å². The molecule has 3 aromatic carbocycles. The summed E-state index contributed by atoms with van der Waals surface area (Å²) in [5.41, 5.74) is 1.76. The smallest absolute Gasteiger partial charge is 0.178 e. The average Bonchev–Trinajstić information content (AvgIpc) is 2.67. The molecular weight excluding hydrogens is 374 g/mol. The van der Waals surface area contributed by atoms with E-state index in [1.54, 1.807) is 12.4 Å². The topological polar surface area (TPSA) is 38.7 Å². The molecule has 0 amide bonds. The van der Waals surface area contributed by atoms with Crippen molar-refractivity contribution in [2.24, 2.45) is 0 Å². The molecule has 0 saturated carbocycles. The van der Waals surface area contributed by atoms with E-state index in [1.165, 1.54) is 16.2 Å². The molecule has 0 aliphatic rings. The quantitative estimate of drug-likeness (QED) is 0.344. The van der Waals surface area contributed by atoms with E-state index in [-0.39, 0.29) is 0 Å². The molecule has 5 aromatic rings. The van der Waals surface area contributed by atoms with Gasteiger partial charge >= 0.3 is 0 Å². The minimum atomic E-state index is 0.634. The fourth-order valence-corrected chi connectivity index (χ4v) is 3.53. The average molecular weight is 386 g/mol. The van der Waals surface area contributed by atoms with E-state index in [4.69, 9.17) is 4.98 Å². The van der Waals surface area contributed by atoms with Crippen LogP contribution in [0.25, 0.3) is 44.0 Å². The fourth-order valence-electron chi connectivity index (χ4n) is 3.33. The number of aromatic nitrogens is 3. The second-order valence-corrected chi connectivity index (χ2v) is 6.83. The fraction of sp³-hybridized carbons (Fsp3) is 0. The van der Waals surface area contributed by atoms with Crippen LogP contribution < -0.4 is 0 Å². The molecule has 2 heterocycles. The molecule has 2 aromatic heterocycles. The number of para-hydroxylation sites is 1. The van der Waals surface area contributed by atoms with Crippen molar-refractivity contribution in [2.45, 2.75) is 0 Å². The van der Waals surface area contributed by atoms with Gasteiger partial charge in [-0.25, -0.2) is 15.0 Å². The van der Waals surface area contributed by atoms with Crippen LogP contribution in [-0.4, -0.2) is 15.0 Å². The standard InChI is InChI=1S/C21H12BrN3/c22-14-11-23-21(24-12-14)20-17-10-9-13-5-1-2-6-15(13)19(17)16-7-3-4-8-18(16)25-20/h1-12H. The van der Waals surface area contributed by atoms with E-state index in [9.17, 15) is 0 Å². The molecule has 0 atom stereocenters. The summed E-state index contributed by atoms with van der Waals surface area (Å²) >= 11 is 3.39. The Balaban J connectivity index is 2.01. The maximum absolute atomic E-state index is 4.87. The summed E-state index contributed by atoms with van der Waals surface area (Å²) in [6.45, 7) is 0. The number of rotatable bonds is 1. The molecule has 0 aliphatic carbocycles. The van der Waals surface area contributed by atoms with Gasteiger partial charge in [0.05, 0.1) is 9.99 Å². The normalized spacial score (nSPS) is 11.4. The van der Waals surface area contributed by atoms with Crippen molar-refractivity contribution < 1.29 is 0 Å². The van der Waals surface area contributed by atoms with Crippen molar-refractivity contribution in [3.63, 3.8) is 0 Å². The zero-order valence-electron chi connectivity index (χ0n) is 13.1. The number of pyridine rings is 1. The summed E-state index contributed by atoms with van der Waals surface area (Å²) in [5.74, 6) is 0.634. The van der Waals surface area contributed by atoms with Gasteiger partial charge in [-0.3, -0.25) is 0 Å². The first-order valence-electron chi connectivity index (χ1n) is 7.99. The summed E-state index contributed by atoms with van der Waals surface area (Å²) in [7, 11) is 0. The monoisotopic (exact) mass is 385 g/mol. The molecule has 0 aliphatic heterocycles. The van der Waals surface area contributed by atoms with Gasteiger partial charge in [0.1, 0.15) is 5.69 Å². The highest BCUT2D eigenvalue weighted by Crippen LogP contribution is 2.35. The van der Waals surface area contributed by atoms with Crippen LogP contribution in [0.5, 0.6) is 0 Å². The van der Waals surface area contributed by atoms with Crippen LogP contribution in [0.4, 0.5) is 0 Å². The Morgan fingerprint density at radius 1 is 0.680 bits per heavy atom. The number of hydrogen-bond acceptors (Lipinski definition) is 3. The Hall–Kier alpha value is -2.85. The number of fused-ring (bicyclic) bond motifs is 5. The van der Waals surface area contributed by atoms with E-state index in [2.05, 4.69) is 74.4 Å². The maximum atomic E-state index is 4.87. The van der Waals surface area contributed by atoms with Crippen LogP contribution in [0.15, 0.2) is 77.5 Å². The lowest BCUT2D eigenvalue weighted by molar-refractivity contribution is 1.14. The molecule has 4 heteroatoms. The van der Waals surface area contributed by atoms with Gasteiger partial charge in [-0.1, -0.05) is 54.6 Å². The zero-order chi connectivity index (χ0) is 16.8. The third kappa shape index (κ3) is 2.29. The van der Waals surface area contributed by atoms with Crippen LogP contribution in [0, 0.1) is 0 Å². The Morgan fingerprint density at radius 3 is 2.24 bits per heavy atom. The minimum absolute atomic E-state index is 0.634. The number of benzene rings is 3. The molecule has 118 valence electrons. The van der Waals surface area contributed by atoms with Crippen LogP contribution in [0.1, 0.15) is 0 Å². The predicted molar refractivity (Wildman–Crippen MR) is 105 cm³/mol. The summed E-state index contributed by atoms with van der Waals surface area (Å²) in [4.78, 5) is 13.8. The van der Waals surface area contributed by atoms with Crippen LogP contribution in [0.3, 0.4) is 0 Å². The number of hydrogen-bond donors (Lipinski definition) is 0. The SMILES string of the molecule is Brc1cnc(-c2nc3ccccc3c3c2ccc2ccccc23)nc1. The first-order chi connectivity index (χ1) is 12.3. The highest BCUT2D eigenvalue weighted by Gasteiger charge is 2.14. The number of nitrogens with zero attached hydrogens (tertiary/aromatic N) is 3. The molecule has 0 fully saturated rings. The van der Waals surface area contributed by atoms with E-state index in [0.717, 1.165) is 26.5 Å². The molecule has 3 nitrogen and oxygen atoms in total. The Kier molecular flexibility index (Phi) is 3.25. The lowest BCUT2D eigenvalue weighted by atomic mass is 9.97. The van der Waals surface area contributed by atoms with Crippen molar-refractivity contribution >= 4 is 48.4 Å². The van der Waals surface area contributed by atoms with Crippen LogP contribution >= 0.6 is 15.9 Å². The van der Waals surface area contributed by atoms with E-state index >= 15 is 0 Å². The second-order valence-electron chi connectivity index (χ2n) is 5.91. The van der Waals surface area contributed by atoms with Gasteiger partial charge < -0.3 is 0 Å². The van der Waals surface area contributed by atoms with Gasteiger partial charge in [0, 0.05) is 28.6 Å². The summed E-state index contributed by atoms with van der Waals surface area (Å²) < 4.78 is 0.854. The first kappa shape index (κ1) is 14.5. The van der Waals surface area contributed by atoms with E-state index < -0.39 is 0 Å². The van der Waals surface area contributed by atoms with Crippen molar-refractivity contribution in [2.75, 3.05) is 0 Å². The van der Waals surface area contributed by atoms with Crippen molar-refractivity contribution in [1.29, 1.82) is 0 Å². The predicted octanol–water partition coefficient (Wildman–Crippen LogP) is 5.76. The lowest BCUT2D eigenvalue weighted by Crippen LogP contribution is -1.95. The van der Waals surface area contributed by atoms with Crippen LogP contribution in [0.2, 0.25) is 0 Å². The second kappa shape index (κ2) is 5.60. The first-order valence-corrected chi connectivity index (χ1v) is 8.79. The maximum Gasteiger partial charge on any atom is 0.178 e. The van der Waals surface area contributed by atoms with Gasteiger partial charge in [0.25, 0.3) is 0 Å². The molecular formula is C21H12BrN3. The molecule has 0 saturated heterocycles. The van der Waals surface area contributed by atoms with E-state index in [0.29, 0.717) is 5.82 Å². The highest BCUT2D eigenvalue weighted by molar-refractivity contribution is 9.10. The number of halogens is 1. The van der Waals surface area contributed by atoms with E-state index in [1.807, 2.05) is 12.1 Å². The molecule has 0 bridgehead atoms. The third-order valence-electron chi connectivity index (χ3n) is 4.42. The summed E-state index contributed by atoms with van der Waals surface area (Å²) in [6, 6.07) is 20.9. The van der Waals surface area contributed by atoms with Crippen molar-refractivity contribution in [3.05, 3.63) is 77.5 Å². The van der Waals surface area contributed by atoms with Gasteiger partial charge in [-0.2, -0.15) is 0 Å². The Morgan fingerprint density at radius 2 is 1.40 bits per heavy atom. The van der Waals surface area contributed by atoms with Gasteiger partial charge in [0.15, 0.2) is 5.82 Å². The van der Waals surface area contributed by atoms with Crippen molar-refractivity contribution in [1.82, 2.24) is 15.0 Å².